The molecule has 0 amide bonds. The lowest BCUT2D eigenvalue weighted by atomic mass is 9.93. The first-order valence-electron chi connectivity index (χ1n) is 6.21. The number of aromatic nitrogens is 1. The molecule has 1 aliphatic heterocycles. The Morgan fingerprint density at radius 3 is 3.19 bits per heavy atom. The molecule has 0 aromatic carbocycles. The summed E-state index contributed by atoms with van der Waals surface area (Å²) in [6.45, 7) is 1.05. The molecule has 1 aromatic heterocycles. The summed E-state index contributed by atoms with van der Waals surface area (Å²) in [5, 5.41) is 13.8. The van der Waals surface area contributed by atoms with Crippen molar-refractivity contribution in [2.45, 2.75) is 43.7 Å². The first-order valence-corrected chi connectivity index (χ1v) is 6.21. The van der Waals surface area contributed by atoms with E-state index in [0.717, 1.165) is 31.5 Å². The van der Waals surface area contributed by atoms with Crippen LogP contribution in [0.4, 0.5) is 0 Å². The predicted molar refractivity (Wildman–Crippen MR) is 62.3 cm³/mol. The van der Waals surface area contributed by atoms with E-state index in [1.807, 2.05) is 12.3 Å². The highest BCUT2D eigenvalue weighted by Crippen LogP contribution is 2.35. The van der Waals surface area contributed by atoms with E-state index in [1.54, 1.807) is 0 Å². The molecule has 1 saturated heterocycles. The van der Waals surface area contributed by atoms with Gasteiger partial charge < -0.3 is 10.4 Å². The molecule has 1 aromatic rings. The minimum Gasteiger partial charge on any atom is -0.391 e. The van der Waals surface area contributed by atoms with Crippen LogP contribution in [0, 0.1) is 0 Å². The third-order valence-corrected chi connectivity index (χ3v) is 3.92. The van der Waals surface area contributed by atoms with Gasteiger partial charge in [-0.15, -0.1) is 0 Å². The third-order valence-electron chi connectivity index (χ3n) is 3.92. The molecule has 3 atom stereocenters. The van der Waals surface area contributed by atoms with Crippen molar-refractivity contribution in [3.63, 3.8) is 0 Å². The van der Waals surface area contributed by atoms with Crippen molar-refractivity contribution < 1.29 is 5.11 Å². The minimum absolute atomic E-state index is 0.242. The summed E-state index contributed by atoms with van der Waals surface area (Å²) in [6, 6.07) is 4.40. The molecule has 16 heavy (non-hydrogen) atoms. The monoisotopic (exact) mass is 218 g/mol. The van der Waals surface area contributed by atoms with E-state index in [1.165, 1.54) is 12.0 Å². The van der Waals surface area contributed by atoms with Crippen LogP contribution in [0.15, 0.2) is 18.3 Å². The third kappa shape index (κ3) is 1.64. The Balaban J connectivity index is 1.81. The summed E-state index contributed by atoms with van der Waals surface area (Å²) >= 11 is 0. The highest BCUT2D eigenvalue weighted by atomic mass is 16.3. The average molecular weight is 218 g/mol. The number of aryl methyl sites for hydroxylation is 1. The summed E-state index contributed by atoms with van der Waals surface area (Å²) in [5.41, 5.74) is 2.45. The second kappa shape index (κ2) is 4.15. The summed E-state index contributed by atoms with van der Waals surface area (Å²) in [5.74, 6) is 0.242. The second-order valence-corrected chi connectivity index (χ2v) is 4.89. The second-order valence-electron chi connectivity index (χ2n) is 4.89. The van der Waals surface area contributed by atoms with Crippen LogP contribution >= 0.6 is 0 Å². The molecule has 0 saturated carbocycles. The molecule has 1 fully saturated rings. The lowest BCUT2D eigenvalue weighted by molar-refractivity contribution is 0.105. The van der Waals surface area contributed by atoms with E-state index < -0.39 is 0 Å². The lowest BCUT2D eigenvalue weighted by Crippen LogP contribution is -2.38. The van der Waals surface area contributed by atoms with Crippen molar-refractivity contribution in [2.75, 3.05) is 6.54 Å². The molecule has 0 bridgehead atoms. The van der Waals surface area contributed by atoms with E-state index in [2.05, 4.69) is 16.4 Å². The van der Waals surface area contributed by atoms with Gasteiger partial charge in [0.05, 0.1) is 6.10 Å². The fourth-order valence-electron chi connectivity index (χ4n) is 3.06. The number of hydrogen-bond acceptors (Lipinski definition) is 3. The van der Waals surface area contributed by atoms with Gasteiger partial charge in [-0.3, -0.25) is 4.98 Å². The molecule has 1 aliphatic carbocycles. The Kier molecular flexibility index (Phi) is 2.65. The fraction of sp³-hybridized carbons (Fsp3) is 0.615. The highest BCUT2D eigenvalue weighted by Gasteiger charge is 2.35. The smallest absolute Gasteiger partial charge is 0.0776 e. The molecule has 0 spiro atoms. The molecule has 3 rings (SSSR count). The van der Waals surface area contributed by atoms with Crippen LogP contribution in [0.3, 0.4) is 0 Å². The first kappa shape index (κ1) is 10.2. The number of rotatable bonds is 2. The van der Waals surface area contributed by atoms with Crippen molar-refractivity contribution in [1.29, 1.82) is 0 Å². The number of nitrogens with zero attached hydrogens (tertiary/aromatic N) is 1. The SMILES string of the molecule is OC(C1CCCN1)C1CCc2cccnc21. The molecule has 3 unspecified atom stereocenters. The van der Waals surface area contributed by atoms with Gasteiger partial charge in [0.1, 0.15) is 0 Å². The number of pyridine rings is 1. The van der Waals surface area contributed by atoms with Gasteiger partial charge in [-0.05, 0) is 43.9 Å². The zero-order valence-corrected chi connectivity index (χ0v) is 9.39. The standard InChI is InChI=1S/C13H18N2O/c16-13(11-4-2-7-14-11)10-6-5-9-3-1-8-15-12(9)10/h1,3,8,10-11,13-14,16H,2,4-7H2. The van der Waals surface area contributed by atoms with Crippen molar-refractivity contribution in [1.82, 2.24) is 10.3 Å². The van der Waals surface area contributed by atoms with Crippen LogP contribution in [-0.4, -0.2) is 28.8 Å². The Labute approximate surface area is 95.9 Å². The summed E-state index contributed by atoms with van der Waals surface area (Å²) in [6.07, 6.45) is 5.97. The minimum atomic E-state index is -0.265. The molecule has 2 N–H and O–H groups in total. The largest absolute Gasteiger partial charge is 0.391 e. The van der Waals surface area contributed by atoms with Gasteiger partial charge in [-0.1, -0.05) is 6.07 Å². The van der Waals surface area contributed by atoms with Crippen LogP contribution in [0.2, 0.25) is 0 Å². The Morgan fingerprint density at radius 2 is 2.38 bits per heavy atom. The van der Waals surface area contributed by atoms with Gasteiger partial charge in [0.2, 0.25) is 0 Å². The van der Waals surface area contributed by atoms with E-state index in [0.29, 0.717) is 0 Å². The van der Waals surface area contributed by atoms with Crippen molar-refractivity contribution in [3.05, 3.63) is 29.6 Å². The van der Waals surface area contributed by atoms with Crippen molar-refractivity contribution >= 4 is 0 Å². The highest BCUT2D eigenvalue weighted by molar-refractivity contribution is 5.30. The molecule has 2 aliphatic rings. The van der Waals surface area contributed by atoms with E-state index >= 15 is 0 Å². The summed E-state index contributed by atoms with van der Waals surface area (Å²) in [7, 11) is 0. The topological polar surface area (TPSA) is 45.1 Å². The van der Waals surface area contributed by atoms with E-state index in [-0.39, 0.29) is 18.1 Å². The zero-order chi connectivity index (χ0) is 11.0. The zero-order valence-electron chi connectivity index (χ0n) is 9.39. The molecular weight excluding hydrogens is 200 g/mol. The van der Waals surface area contributed by atoms with Gasteiger partial charge in [0.25, 0.3) is 0 Å². The predicted octanol–water partition coefficient (Wildman–Crippen LogP) is 1.22. The van der Waals surface area contributed by atoms with Gasteiger partial charge >= 0.3 is 0 Å². The number of aliphatic hydroxyl groups is 1. The fourth-order valence-corrected chi connectivity index (χ4v) is 3.06. The van der Waals surface area contributed by atoms with Crippen LogP contribution in [0.1, 0.15) is 36.4 Å². The normalized spacial score (nSPS) is 30.3. The van der Waals surface area contributed by atoms with Gasteiger partial charge in [-0.25, -0.2) is 0 Å². The van der Waals surface area contributed by atoms with Crippen LogP contribution in [0.25, 0.3) is 0 Å². The van der Waals surface area contributed by atoms with Crippen LogP contribution in [-0.2, 0) is 6.42 Å². The first-order chi connectivity index (χ1) is 7.86. The average Bonchev–Trinajstić information content (AvgIpc) is 2.98. The molecule has 86 valence electrons. The number of aliphatic hydroxyl groups excluding tert-OH is 1. The van der Waals surface area contributed by atoms with Crippen molar-refractivity contribution in [3.8, 4) is 0 Å². The molecule has 3 nitrogen and oxygen atoms in total. The van der Waals surface area contributed by atoms with Crippen molar-refractivity contribution in [2.24, 2.45) is 0 Å². The molecule has 2 heterocycles. The number of hydrogen-bond donors (Lipinski definition) is 2. The maximum atomic E-state index is 10.4. The van der Waals surface area contributed by atoms with Crippen LogP contribution < -0.4 is 5.32 Å². The Bertz CT molecular complexity index is 374. The quantitative estimate of drug-likeness (QED) is 0.784. The Morgan fingerprint density at radius 1 is 1.44 bits per heavy atom. The molecule has 0 radical (unpaired) electrons. The Hall–Kier alpha value is -0.930. The summed E-state index contributed by atoms with van der Waals surface area (Å²) in [4.78, 5) is 4.45. The van der Waals surface area contributed by atoms with Gasteiger partial charge in [0, 0.05) is 23.9 Å². The molecular formula is C13H18N2O. The van der Waals surface area contributed by atoms with Gasteiger partial charge in [0.15, 0.2) is 0 Å². The van der Waals surface area contributed by atoms with Crippen LogP contribution in [0.5, 0.6) is 0 Å². The lowest BCUT2D eigenvalue weighted by Gasteiger charge is -2.24. The summed E-state index contributed by atoms with van der Waals surface area (Å²) < 4.78 is 0. The maximum absolute atomic E-state index is 10.4. The van der Waals surface area contributed by atoms with E-state index in [4.69, 9.17) is 0 Å². The van der Waals surface area contributed by atoms with Gasteiger partial charge in [-0.2, -0.15) is 0 Å². The number of fused-ring (bicyclic) bond motifs is 1. The maximum Gasteiger partial charge on any atom is 0.0776 e. The number of nitrogens with one attached hydrogen (secondary N) is 1. The van der Waals surface area contributed by atoms with E-state index in [9.17, 15) is 5.11 Å². The molecule has 3 heteroatoms.